The van der Waals surface area contributed by atoms with Crippen LogP contribution >= 0.6 is 11.8 Å². The van der Waals surface area contributed by atoms with E-state index in [1.54, 1.807) is 18.9 Å². The van der Waals surface area contributed by atoms with Crippen LogP contribution in [-0.4, -0.2) is 49.1 Å². The number of thioether (sulfide) groups is 1. The third-order valence-electron chi connectivity index (χ3n) is 1.92. The third kappa shape index (κ3) is 8.81. The Morgan fingerprint density at radius 2 is 1.93 bits per heavy atom. The summed E-state index contributed by atoms with van der Waals surface area (Å²) in [6.07, 6.45) is 0.806. The van der Waals surface area contributed by atoms with E-state index in [2.05, 4.69) is 0 Å². The maximum absolute atomic E-state index is 9.22. The lowest BCUT2D eigenvalue weighted by molar-refractivity contribution is 0.0713. The monoisotopic (exact) mass is 222 g/mol. The molecule has 0 heterocycles. The molecule has 0 aliphatic carbocycles. The average Bonchev–Trinajstić information content (AvgIpc) is 2.16. The molecule has 0 amide bonds. The Morgan fingerprint density at radius 1 is 1.21 bits per heavy atom. The van der Waals surface area contributed by atoms with Gasteiger partial charge in [-0.25, -0.2) is 0 Å². The molecule has 1 N–H and O–H groups in total. The fraction of sp³-hybridized carbons (Fsp3) is 1.00. The number of hydrogen-bond acceptors (Lipinski definition) is 4. The molecule has 0 aromatic rings. The fourth-order valence-electron chi connectivity index (χ4n) is 0.814. The number of aliphatic hydroxyl groups excluding tert-OH is 1. The Balaban J connectivity index is 3.06. The summed E-state index contributed by atoms with van der Waals surface area (Å²) in [4.78, 5) is 0. The van der Waals surface area contributed by atoms with Crippen LogP contribution in [0.3, 0.4) is 0 Å². The molecule has 0 aliphatic heterocycles. The van der Waals surface area contributed by atoms with Crippen molar-refractivity contribution in [1.29, 1.82) is 0 Å². The van der Waals surface area contributed by atoms with Crippen molar-refractivity contribution in [3.8, 4) is 0 Å². The van der Waals surface area contributed by atoms with Crippen LogP contribution in [0, 0.1) is 0 Å². The van der Waals surface area contributed by atoms with Gasteiger partial charge in [0, 0.05) is 19.0 Å². The van der Waals surface area contributed by atoms with Crippen LogP contribution in [0.5, 0.6) is 0 Å². The van der Waals surface area contributed by atoms with Crippen molar-refractivity contribution in [2.75, 3.05) is 32.7 Å². The molecule has 3 nitrogen and oxygen atoms in total. The van der Waals surface area contributed by atoms with E-state index in [1.807, 2.05) is 13.8 Å². The van der Waals surface area contributed by atoms with Gasteiger partial charge in [0.1, 0.15) is 0 Å². The van der Waals surface area contributed by atoms with E-state index in [4.69, 9.17) is 9.47 Å². The van der Waals surface area contributed by atoms with Gasteiger partial charge in [-0.1, -0.05) is 6.92 Å². The van der Waals surface area contributed by atoms with Crippen LogP contribution in [-0.2, 0) is 9.47 Å². The standard InChI is InChI=1S/C10H22O3S/c1-9(11)10(2)14-8-4-5-13-7-6-12-3/h9-11H,4-8H2,1-3H3. The molecule has 4 heteroatoms. The fourth-order valence-corrected chi connectivity index (χ4v) is 1.75. The smallest absolute Gasteiger partial charge is 0.0700 e. The summed E-state index contributed by atoms with van der Waals surface area (Å²) in [5, 5.41) is 9.54. The van der Waals surface area contributed by atoms with Crippen molar-refractivity contribution in [1.82, 2.24) is 0 Å². The molecule has 0 saturated carbocycles. The molecule has 0 radical (unpaired) electrons. The van der Waals surface area contributed by atoms with E-state index in [1.165, 1.54) is 0 Å². The molecular formula is C10H22O3S. The van der Waals surface area contributed by atoms with Crippen LogP contribution in [0.15, 0.2) is 0 Å². The zero-order valence-electron chi connectivity index (χ0n) is 9.36. The minimum Gasteiger partial charge on any atom is -0.392 e. The van der Waals surface area contributed by atoms with Crippen molar-refractivity contribution in [3.63, 3.8) is 0 Å². The topological polar surface area (TPSA) is 38.7 Å². The normalized spacial score (nSPS) is 15.4. The van der Waals surface area contributed by atoms with Crippen LogP contribution in [0.2, 0.25) is 0 Å². The second kappa shape index (κ2) is 9.77. The minimum atomic E-state index is -0.227. The summed E-state index contributed by atoms with van der Waals surface area (Å²) in [5.41, 5.74) is 0. The molecule has 0 aromatic heterocycles. The van der Waals surface area contributed by atoms with Gasteiger partial charge in [0.25, 0.3) is 0 Å². The molecule has 0 bridgehead atoms. The maximum Gasteiger partial charge on any atom is 0.0700 e. The van der Waals surface area contributed by atoms with Crippen molar-refractivity contribution in [2.45, 2.75) is 31.6 Å². The average molecular weight is 222 g/mol. The van der Waals surface area contributed by atoms with E-state index in [-0.39, 0.29) is 6.10 Å². The Labute approximate surface area is 91.2 Å². The number of methoxy groups -OCH3 is 1. The van der Waals surface area contributed by atoms with Crippen molar-refractivity contribution in [2.24, 2.45) is 0 Å². The summed E-state index contributed by atoms with van der Waals surface area (Å²) in [7, 11) is 1.67. The summed E-state index contributed by atoms with van der Waals surface area (Å²) in [5.74, 6) is 1.04. The second-order valence-corrected chi connectivity index (χ2v) is 4.76. The van der Waals surface area contributed by atoms with Gasteiger partial charge >= 0.3 is 0 Å². The third-order valence-corrected chi connectivity index (χ3v) is 3.37. The van der Waals surface area contributed by atoms with Crippen molar-refractivity contribution < 1.29 is 14.6 Å². The zero-order valence-corrected chi connectivity index (χ0v) is 10.2. The first-order valence-corrected chi connectivity index (χ1v) is 6.09. The maximum atomic E-state index is 9.22. The molecule has 0 aliphatic rings. The molecule has 0 rings (SSSR count). The first-order valence-electron chi connectivity index (χ1n) is 5.04. The summed E-state index contributed by atoms with van der Waals surface area (Å²) >= 11 is 1.79. The Kier molecular flexibility index (Phi) is 9.93. The highest BCUT2D eigenvalue weighted by molar-refractivity contribution is 7.99. The highest BCUT2D eigenvalue weighted by Gasteiger charge is 2.07. The Hall–Kier alpha value is 0.230. The van der Waals surface area contributed by atoms with Gasteiger partial charge in [-0.2, -0.15) is 11.8 Å². The van der Waals surface area contributed by atoms with Gasteiger partial charge in [0.05, 0.1) is 19.3 Å². The first kappa shape index (κ1) is 14.2. The molecule has 2 unspecified atom stereocenters. The second-order valence-electron chi connectivity index (χ2n) is 3.28. The minimum absolute atomic E-state index is 0.227. The lowest BCUT2D eigenvalue weighted by Crippen LogP contribution is -2.16. The predicted molar refractivity (Wildman–Crippen MR) is 60.9 cm³/mol. The lowest BCUT2D eigenvalue weighted by Gasteiger charge is -2.13. The molecule has 0 saturated heterocycles. The summed E-state index contributed by atoms with van der Waals surface area (Å²) in [6.45, 7) is 5.99. The molecule has 86 valence electrons. The van der Waals surface area contributed by atoms with E-state index in [0.29, 0.717) is 18.5 Å². The van der Waals surface area contributed by atoms with Crippen LogP contribution < -0.4 is 0 Å². The van der Waals surface area contributed by atoms with Crippen LogP contribution in [0.1, 0.15) is 20.3 Å². The van der Waals surface area contributed by atoms with Crippen molar-refractivity contribution >= 4 is 11.8 Å². The number of aliphatic hydroxyl groups is 1. The number of hydrogen-bond donors (Lipinski definition) is 1. The lowest BCUT2D eigenvalue weighted by atomic mass is 10.3. The number of rotatable bonds is 9. The van der Waals surface area contributed by atoms with Crippen LogP contribution in [0.25, 0.3) is 0 Å². The SMILES string of the molecule is COCCOCCCSC(C)C(C)O. The summed E-state index contributed by atoms with van der Waals surface area (Å²) in [6, 6.07) is 0. The van der Waals surface area contributed by atoms with Gasteiger partial charge in [-0.15, -0.1) is 0 Å². The zero-order chi connectivity index (χ0) is 10.8. The largest absolute Gasteiger partial charge is 0.392 e. The highest BCUT2D eigenvalue weighted by Crippen LogP contribution is 2.14. The quantitative estimate of drug-likeness (QED) is 0.601. The van der Waals surface area contributed by atoms with Crippen molar-refractivity contribution in [3.05, 3.63) is 0 Å². The van der Waals surface area contributed by atoms with Crippen LogP contribution in [0.4, 0.5) is 0 Å². The predicted octanol–water partition coefficient (Wildman–Crippen LogP) is 1.54. The number of ether oxygens (including phenoxy) is 2. The Bertz CT molecular complexity index is 120. The first-order chi connectivity index (χ1) is 6.68. The molecule has 0 aromatic carbocycles. The van der Waals surface area contributed by atoms with Gasteiger partial charge in [-0.3, -0.25) is 0 Å². The summed E-state index contributed by atoms with van der Waals surface area (Å²) < 4.78 is 10.2. The van der Waals surface area contributed by atoms with E-state index in [9.17, 15) is 5.11 Å². The molecule has 14 heavy (non-hydrogen) atoms. The van der Waals surface area contributed by atoms with Gasteiger partial charge in [0.2, 0.25) is 0 Å². The highest BCUT2D eigenvalue weighted by atomic mass is 32.2. The van der Waals surface area contributed by atoms with E-state index >= 15 is 0 Å². The molecule has 0 spiro atoms. The van der Waals surface area contributed by atoms with E-state index in [0.717, 1.165) is 18.8 Å². The van der Waals surface area contributed by atoms with E-state index < -0.39 is 0 Å². The van der Waals surface area contributed by atoms with Gasteiger partial charge in [0.15, 0.2) is 0 Å². The Morgan fingerprint density at radius 3 is 2.50 bits per heavy atom. The van der Waals surface area contributed by atoms with Gasteiger partial charge in [-0.05, 0) is 19.1 Å². The molecule has 0 fully saturated rings. The molecular weight excluding hydrogens is 200 g/mol. The van der Waals surface area contributed by atoms with Gasteiger partial charge < -0.3 is 14.6 Å². The molecule has 2 atom stereocenters.